The van der Waals surface area contributed by atoms with E-state index in [0.717, 1.165) is 0 Å². The Bertz CT molecular complexity index is 2210. The van der Waals surface area contributed by atoms with Gasteiger partial charge in [-0.1, -0.05) is 0 Å². The van der Waals surface area contributed by atoms with Gasteiger partial charge in [-0.05, 0) is 59.7 Å². The van der Waals surface area contributed by atoms with Crippen LogP contribution in [0.2, 0.25) is 0 Å². The molecule has 0 atom stereocenters. The molecular weight excluding hydrogens is 580 g/mol. The quantitative estimate of drug-likeness (QED) is 0.201. The number of benzene rings is 4. The predicted octanol–water partition coefficient (Wildman–Crippen LogP) is 6.65. The van der Waals surface area contributed by atoms with Crippen molar-refractivity contribution in [3.05, 3.63) is 93.6 Å². The zero-order chi connectivity index (χ0) is 31.8. The number of hydrogen-bond acceptors (Lipinski definition) is 10. The monoisotopic (exact) mass is 608 g/mol. The Morgan fingerprint density at radius 3 is 1.31 bits per heavy atom. The first-order chi connectivity index (χ1) is 21.8. The number of aromatic hydroxyl groups is 1. The van der Waals surface area contributed by atoms with Crippen molar-refractivity contribution in [1.29, 1.82) is 0 Å². The van der Waals surface area contributed by atoms with Crippen molar-refractivity contribution in [3.8, 4) is 67.9 Å². The van der Waals surface area contributed by atoms with E-state index in [4.69, 9.17) is 32.5 Å². The molecule has 45 heavy (non-hydrogen) atoms. The molecule has 2 aromatic heterocycles. The van der Waals surface area contributed by atoms with Crippen LogP contribution in [0, 0.1) is 0 Å². The summed E-state index contributed by atoms with van der Waals surface area (Å²) in [5.74, 6) is 1.71. The molecule has 0 unspecified atom stereocenters. The Kier molecular flexibility index (Phi) is 7.55. The van der Waals surface area contributed by atoms with E-state index in [1.807, 2.05) is 0 Å². The van der Waals surface area contributed by atoms with Crippen molar-refractivity contribution in [1.82, 2.24) is 0 Å². The molecule has 0 saturated carbocycles. The molecule has 10 nitrogen and oxygen atoms in total. The molecule has 0 fully saturated rings. The van der Waals surface area contributed by atoms with E-state index in [0.29, 0.717) is 67.2 Å². The van der Waals surface area contributed by atoms with Gasteiger partial charge < -0.3 is 37.6 Å². The fourth-order valence-electron chi connectivity index (χ4n) is 5.35. The Balaban J connectivity index is 1.68. The van der Waals surface area contributed by atoms with E-state index in [1.54, 1.807) is 54.6 Å². The molecule has 0 aliphatic rings. The normalized spacial score (nSPS) is 11.0. The van der Waals surface area contributed by atoms with Crippen LogP contribution in [-0.4, -0.2) is 40.7 Å². The topological polar surface area (TPSA) is 127 Å². The number of methoxy groups -OCH3 is 5. The summed E-state index contributed by atoms with van der Waals surface area (Å²) in [7, 11) is 7.42. The van der Waals surface area contributed by atoms with Gasteiger partial charge in [0.1, 0.15) is 35.2 Å². The van der Waals surface area contributed by atoms with Gasteiger partial charge in [0.05, 0.1) is 57.4 Å². The average molecular weight is 609 g/mol. The van der Waals surface area contributed by atoms with Crippen LogP contribution in [0.15, 0.2) is 91.6 Å². The summed E-state index contributed by atoms with van der Waals surface area (Å²) in [4.78, 5) is 27.8. The second-order valence-corrected chi connectivity index (χ2v) is 10.0. The third kappa shape index (κ3) is 4.96. The highest BCUT2D eigenvalue weighted by molar-refractivity contribution is 5.96. The second kappa shape index (κ2) is 11.6. The van der Waals surface area contributed by atoms with Crippen LogP contribution in [0.1, 0.15) is 0 Å². The van der Waals surface area contributed by atoms with Crippen LogP contribution in [0.3, 0.4) is 0 Å². The molecular formula is C35H28O10. The number of rotatable bonds is 8. The van der Waals surface area contributed by atoms with Gasteiger partial charge in [-0.3, -0.25) is 9.59 Å². The van der Waals surface area contributed by atoms with Crippen molar-refractivity contribution in [2.24, 2.45) is 0 Å². The summed E-state index contributed by atoms with van der Waals surface area (Å²) in [5, 5.41) is 11.6. The van der Waals surface area contributed by atoms with Gasteiger partial charge in [-0.2, -0.15) is 0 Å². The fraction of sp³-hybridized carbons (Fsp3) is 0.143. The van der Waals surface area contributed by atoms with Crippen LogP contribution < -0.4 is 34.5 Å². The van der Waals surface area contributed by atoms with Crippen molar-refractivity contribution in [2.45, 2.75) is 0 Å². The first kappa shape index (κ1) is 29.2. The third-order valence-corrected chi connectivity index (χ3v) is 7.68. The number of hydrogen-bond donors (Lipinski definition) is 1. The van der Waals surface area contributed by atoms with Crippen LogP contribution >= 0.6 is 0 Å². The van der Waals surface area contributed by atoms with E-state index in [2.05, 4.69) is 0 Å². The number of ether oxygens (including phenoxy) is 5. The smallest absolute Gasteiger partial charge is 0.200 e. The van der Waals surface area contributed by atoms with E-state index in [9.17, 15) is 14.7 Å². The highest BCUT2D eigenvalue weighted by Crippen LogP contribution is 2.46. The minimum Gasteiger partial charge on any atom is -0.504 e. The minimum atomic E-state index is -0.325. The summed E-state index contributed by atoms with van der Waals surface area (Å²) in [5.41, 5.74) is 2.06. The summed E-state index contributed by atoms with van der Waals surface area (Å²) in [6, 6.07) is 16.2. The molecule has 0 amide bonds. The van der Waals surface area contributed by atoms with E-state index in [1.165, 1.54) is 54.1 Å². The Morgan fingerprint density at radius 1 is 0.489 bits per heavy atom. The van der Waals surface area contributed by atoms with Crippen LogP contribution in [-0.2, 0) is 0 Å². The average Bonchev–Trinajstić information content (AvgIpc) is 3.07. The summed E-state index contributed by atoms with van der Waals surface area (Å²) in [6.45, 7) is 0. The van der Waals surface area contributed by atoms with E-state index < -0.39 is 0 Å². The Labute approximate surface area is 256 Å². The molecule has 10 heteroatoms. The zero-order valence-corrected chi connectivity index (χ0v) is 25.0. The standard InChI is InChI=1S/C35H28O10/c1-39-18-6-8-20-29(10-18)44-16-26(34(20)37)24-13-31(41-3)28(36)12-22(24)23-14-32(42-4)33(43-5)15-25(23)27-17-45-30-11-19(40-2)7-9-21(30)35(27)38/h6-17,36H,1-5H3. The summed E-state index contributed by atoms with van der Waals surface area (Å²) >= 11 is 0. The van der Waals surface area contributed by atoms with Gasteiger partial charge in [0.25, 0.3) is 0 Å². The summed E-state index contributed by atoms with van der Waals surface area (Å²) in [6.07, 6.45) is 2.70. The predicted molar refractivity (Wildman–Crippen MR) is 169 cm³/mol. The Hall–Kier alpha value is -5.90. The number of fused-ring (bicyclic) bond motifs is 2. The molecule has 4 aromatic carbocycles. The zero-order valence-electron chi connectivity index (χ0n) is 25.0. The SMILES string of the molecule is COc1ccc2c(=O)c(-c3cc(OC)c(O)cc3-c3cc(OC)c(OC)cc3-c3coc4cc(OC)ccc4c3=O)coc2c1. The summed E-state index contributed by atoms with van der Waals surface area (Å²) < 4.78 is 39.0. The molecule has 0 radical (unpaired) electrons. The molecule has 0 aliphatic heterocycles. The van der Waals surface area contributed by atoms with Crippen molar-refractivity contribution in [3.63, 3.8) is 0 Å². The molecule has 0 bridgehead atoms. The number of phenolic OH excluding ortho intramolecular Hbond substituents is 1. The van der Waals surface area contributed by atoms with Crippen LogP contribution in [0.4, 0.5) is 0 Å². The molecule has 6 rings (SSSR count). The lowest BCUT2D eigenvalue weighted by Crippen LogP contribution is -2.08. The molecule has 0 spiro atoms. The minimum absolute atomic E-state index is 0.129. The van der Waals surface area contributed by atoms with Crippen molar-refractivity contribution >= 4 is 21.9 Å². The van der Waals surface area contributed by atoms with Gasteiger partial charge in [0.2, 0.25) is 10.9 Å². The van der Waals surface area contributed by atoms with Crippen LogP contribution in [0.5, 0.6) is 34.5 Å². The molecule has 0 saturated heterocycles. The van der Waals surface area contributed by atoms with Gasteiger partial charge >= 0.3 is 0 Å². The van der Waals surface area contributed by atoms with E-state index in [-0.39, 0.29) is 33.5 Å². The second-order valence-electron chi connectivity index (χ2n) is 10.0. The maximum atomic E-state index is 13.9. The van der Waals surface area contributed by atoms with Gasteiger partial charge in [-0.15, -0.1) is 0 Å². The first-order valence-corrected chi connectivity index (χ1v) is 13.7. The molecule has 0 aliphatic carbocycles. The third-order valence-electron chi connectivity index (χ3n) is 7.68. The molecule has 2 heterocycles. The maximum Gasteiger partial charge on any atom is 0.200 e. The first-order valence-electron chi connectivity index (χ1n) is 13.7. The van der Waals surface area contributed by atoms with Crippen LogP contribution in [0.25, 0.3) is 55.3 Å². The molecule has 228 valence electrons. The largest absolute Gasteiger partial charge is 0.504 e. The van der Waals surface area contributed by atoms with Gasteiger partial charge in [-0.25, -0.2) is 0 Å². The van der Waals surface area contributed by atoms with Crippen molar-refractivity contribution < 1.29 is 37.6 Å². The molecule has 1 N–H and O–H groups in total. The van der Waals surface area contributed by atoms with Crippen molar-refractivity contribution in [2.75, 3.05) is 35.5 Å². The highest BCUT2D eigenvalue weighted by atomic mass is 16.5. The lowest BCUT2D eigenvalue weighted by Gasteiger charge is -2.19. The lowest BCUT2D eigenvalue weighted by atomic mass is 9.88. The van der Waals surface area contributed by atoms with Gasteiger partial charge in [0, 0.05) is 23.3 Å². The number of phenols is 1. The maximum absolute atomic E-state index is 13.9. The highest BCUT2D eigenvalue weighted by Gasteiger charge is 2.24. The van der Waals surface area contributed by atoms with Gasteiger partial charge in [0.15, 0.2) is 23.0 Å². The Morgan fingerprint density at radius 2 is 0.889 bits per heavy atom. The van der Waals surface area contributed by atoms with E-state index >= 15 is 0 Å². The lowest BCUT2D eigenvalue weighted by molar-refractivity contribution is 0.355. The fourth-order valence-corrected chi connectivity index (χ4v) is 5.35. The molecule has 6 aromatic rings.